The molecule has 1 saturated heterocycles. The van der Waals surface area contributed by atoms with E-state index in [4.69, 9.17) is 0 Å². The molecule has 150 valence electrons. The minimum atomic E-state index is 0.0279. The van der Waals surface area contributed by atoms with Gasteiger partial charge in [0.1, 0.15) is 0 Å². The lowest BCUT2D eigenvalue weighted by molar-refractivity contribution is 0.147. The van der Waals surface area contributed by atoms with E-state index < -0.39 is 0 Å². The van der Waals surface area contributed by atoms with E-state index in [2.05, 4.69) is 59.5 Å². The van der Waals surface area contributed by atoms with Crippen LogP contribution in [-0.4, -0.2) is 53.5 Å². The highest BCUT2D eigenvalue weighted by Gasteiger charge is 2.30. The van der Waals surface area contributed by atoms with Crippen LogP contribution >= 0.6 is 0 Å². The number of aromatic nitrogens is 1. The van der Waals surface area contributed by atoms with Gasteiger partial charge in [-0.25, -0.2) is 4.79 Å². The van der Waals surface area contributed by atoms with Crippen LogP contribution in [0.2, 0.25) is 0 Å². The van der Waals surface area contributed by atoms with Crippen molar-refractivity contribution < 1.29 is 4.79 Å². The zero-order chi connectivity index (χ0) is 19.8. The standard InChI is InChI=1S/C23H32N4O/c1-3-14-27(18-21-11-7-8-13-24-21)23(28)25-22-12-15-26(2)17-20(22)16-19-9-5-4-6-10-19/h4-11,13,20,22H,3,12,14-18H2,1-2H3,(H,25,28)/t20-,22+/m0/s1. The van der Waals surface area contributed by atoms with Gasteiger partial charge in [-0.3, -0.25) is 4.98 Å². The van der Waals surface area contributed by atoms with Crippen molar-refractivity contribution in [1.82, 2.24) is 20.1 Å². The van der Waals surface area contributed by atoms with Gasteiger partial charge in [-0.2, -0.15) is 0 Å². The van der Waals surface area contributed by atoms with E-state index >= 15 is 0 Å². The molecule has 1 aliphatic heterocycles. The fourth-order valence-corrected chi connectivity index (χ4v) is 3.99. The molecule has 0 bridgehead atoms. The van der Waals surface area contributed by atoms with Crippen molar-refractivity contribution in [3.8, 4) is 0 Å². The van der Waals surface area contributed by atoms with Crippen molar-refractivity contribution in [1.29, 1.82) is 0 Å². The van der Waals surface area contributed by atoms with E-state index in [1.54, 1.807) is 6.20 Å². The minimum absolute atomic E-state index is 0.0279. The lowest BCUT2D eigenvalue weighted by Crippen LogP contribution is -2.53. The van der Waals surface area contributed by atoms with Crippen LogP contribution in [-0.2, 0) is 13.0 Å². The molecule has 3 rings (SSSR count). The Morgan fingerprint density at radius 3 is 2.71 bits per heavy atom. The van der Waals surface area contributed by atoms with E-state index in [0.29, 0.717) is 12.5 Å². The molecule has 2 aromatic rings. The number of amides is 2. The third-order valence-electron chi connectivity index (χ3n) is 5.45. The van der Waals surface area contributed by atoms with Gasteiger partial charge in [-0.1, -0.05) is 43.3 Å². The van der Waals surface area contributed by atoms with Crippen LogP contribution in [0.5, 0.6) is 0 Å². The Labute approximate surface area is 168 Å². The van der Waals surface area contributed by atoms with Gasteiger partial charge in [-0.15, -0.1) is 0 Å². The molecule has 1 N–H and O–H groups in total. The summed E-state index contributed by atoms with van der Waals surface area (Å²) in [6.45, 7) is 5.42. The van der Waals surface area contributed by atoms with E-state index in [-0.39, 0.29) is 12.1 Å². The van der Waals surface area contributed by atoms with E-state index in [9.17, 15) is 4.79 Å². The number of nitrogens with one attached hydrogen (secondary N) is 1. The molecule has 2 heterocycles. The van der Waals surface area contributed by atoms with Crippen LogP contribution in [0, 0.1) is 5.92 Å². The summed E-state index contributed by atoms with van der Waals surface area (Å²) >= 11 is 0. The van der Waals surface area contributed by atoms with Gasteiger partial charge in [0, 0.05) is 25.3 Å². The molecule has 1 aromatic carbocycles. The quantitative estimate of drug-likeness (QED) is 0.799. The van der Waals surface area contributed by atoms with Gasteiger partial charge in [-0.05, 0) is 56.5 Å². The second kappa shape index (κ2) is 10.2. The molecule has 1 aromatic heterocycles. The van der Waals surface area contributed by atoms with Gasteiger partial charge < -0.3 is 15.1 Å². The average Bonchev–Trinajstić information content (AvgIpc) is 2.71. The lowest BCUT2D eigenvalue weighted by atomic mass is 9.87. The summed E-state index contributed by atoms with van der Waals surface area (Å²) in [6.07, 6.45) is 4.69. The van der Waals surface area contributed by atoms with E-state index in [1.165, 1.54) is 5.56 Å². The Hall–Kier alpha value is -2.40. The molecular weight excluding hydrogens is 348 g/mol. The number of nitrogens with zero attached hydrogens (tertiary/aromatic N) is 3. The highest BCUT2D eigenvalue weighted by Crippen LogP contribution is 2.21. The van der Waals surface area contributed by atoms with E-state index in [0.717, 1.165) is 44.6 Å². The van der Waals surface area contributed by atoms with Gasteiger partial charge >= 0.3 is 6.03 Å². The van der Waals surface area contributed by atoms with Crippen LogP contribution < -0.4 is 5.32 Å². The average molecular weight is 381 g/mol. The van der Waals surface area contributed by atoms with Crippen molar-refractivity contribution in [3.63, 3.8) is 0 Å². The number of carbonyl (C=O) groups is 1. The number of likely N-dealkylation sites (tertiary alicyclic amines) is 1. The number of hydrogen-bond donors (Lipinski definition) is 1. The van der Waals surface area contributed by atoms with Crippen LogP contribution in [0.15, 0.2) is 54.7 Å². The second-order valence-corrected chi connectivity index (χ2v) is 7.80. The number of benzene rings is 1. The van der Waals surface area contributed by atoms with Crippen molar-refractivity contribution in [2.45, 2.75) is 38.8 Å². The topological polar surface area (TPSA) is 48.5 Å². The molecule has 5 heteroatoms. The maximum Gasteiger partial charge on any atom is 0.317 e. The van der Waals surface area contributed by atoms with Crippen molar-refractivity contribution >= 4 is 6.03 Å². The van der Waals surface area contributed by atoms with Gasteiger partial charge in [0.15, 0.2) is 0 Å². The van der Waals surface area contributed by atoms with Crippen molar-refractivity contribution in [3.05, 3.63) is 66.0 Å². The van der Waals surface area contributed by atoms with Crippen LogP contribution in [0.4, 0.5) is 4.79 Å². The molecule has 28 heavy (non-hydrogen) atoms. The summed E-state index contributed by atoms with van der Waals surface area (Å²) in [5, 5.41) is 3.35. The fraction of sp³-hybridized carbons (Fsp3) is 0.478. The third kappa shape index (κ3) is 5.80. The number of urea groups is 1. The van der Waals surface area contributed by atoms with Crippen LogP contribution in [0.25, 0.3) is 0 Å². The predicted molar refractivity (Wildman–Crippen MR) is 113 cm³/mol. The Balaban J connectivity index is 1.66. The first-order chi connectivity index (χ1) is 13.7. The second-order valence-electron chi connectivity index (χ2n) is 7.80. The summed E-state index contributed by atoms with van der Waals surface area (Å²) in [6, 6.07) is 16.7. The summed E-state index contributed by atoms with van der Waals surface area (Å²) in [7, 11) is 2.17. The number of pyridine rings is 1. The Kier molecular flexibility index (Phi) is 7.43. The Morgan fingerprint density at radius 1 is 1.21 bits per heavy atom. The normalized spacial score (nSPS) is 19.9. The SMILES string of the molecule is CCCN(Cc1ccccn1)C(=O)N[C@@H]1CCN(C)C[C@@H]1Cc1ccccc1. The first-order valence-corrected chi connectivity index (χ1v) is 10.3. The molecule has 0 saturated carbocycles. The molecular formula is C23H32N4O. The highest BCUT2D eigenvalue weighted by molar-refractivity contribution is 5.74. The molecule has 2 atom stereocenters. The van der Waals surface area contributed by atoms with E-state index in [1.807, 2.05) is 23.1 Å². The van der Waals surface area contributed by atoms with Crippen LogP contribution in [0.1, 0.15) is 31.0 Å². The molecule has 0 unspecified atom stereocenters. The number of carbonyl (C=O) groups excluding carboxylic acids is 1. The van der Waals surface area contributed by atoms with Crippen molar-refractivity contribution in [2.75, 3.05) is 26.7 Å². The number of rotatable bonds is 7. The van der Waals surface area contributed by atoms with Crippen molar-refractivity contribution in [2.24, 2.45) is 5.92 Å². The Morgan fingerprint density at radius 2 is 2.00 bits per heavy atom. The lowest BCUT2D eigenvalue weighted by Gasteiger charge is -2.38. The van der Waals surface area contributed by atoms with Gasteiger partial charge in [0.2, 0.25) is 0 Å². The molecule has 5 nitrogen and oxygen atoms in total. The van der Waals surface area contributed by atoms with Gasteiger partial charge in [0.05, 0.1) is 12.2 Å². The first-order valence-electron chi connectivity index (χ1n) is 10.3. The molecule has 0 spiro atoms. The molecule has 1 aliphatic rings. The zero-order valence-electron chi connectivity index (χ0n) is 17.1. The predicted octanol–water partition coefficient (Wildman–Crippen LogP) is 3.57. The highest BCUT2D eigenvalue weighted by atomic mass is 16.2. The summed E-state index contributed by atoms with van der Waals surface area (Å²) < 4.78 is 0. The summed E-state index contributed by atoms with van der Waals surface area (Å²) in [5.74, 6) is 0.420. The number of piperidine rings is 1. The van der Waals surface area contributed by atoms with Crippen LogP contribution in [0.3, 0.4) is 0 Å². The minimum Gasteiger partial charge on any atom is -0.335 e. The monoisotopic (exact) mass is 380 g/mol. The smallest absolute Gasteiger partial charge is 0.317 e. The summed E-state index contributed by atoms with van der Waals surface area (Å²) in [4.78, 5) is 21.7. The molecule has 0 radical (unpaired) electrons. The zero-order valence-corrected chi connectivity index (χ0v) is 17.1. The maximum absolute atomic E-state index is 13.1. The Bertz CT molecular complexity index is 722. The first kappa shape index (κ1) is 20.3. The number of hydrogen-bond acceptors (Lipinski definition) is 3. The molecule has 2 amide bonds. The third-order valence-corrected chi connectivity index (χ3v) is 5.45. The molecule has 0 aliphatic carbocycles. The fourth-order valence-electron chi connectivity index (χ4n) is 3.99. The molecule has 1 fully saturated rings. The van der Waals surface area contributed by atoms with Gasteiger partial charge in [0.25, 0.3) is 0 Å². The maximum atomic E-state index is 13.1. The summed E-state index contributed by atoms with van der Waals surface area (Å²) in [5.41, 5.74) is 2.26. The largest absolute Gasteiger partial charge is 0.335 e.